The second-order valence-corrected chi connectivity index (χ2v) is 6.40. The minimum absolute atomic E-state index is 0.0683. The molecule has 0 radical (unpaired) electrons. The molecule has 0 spiro atoms. The number of nitrogens with one attached hydrogen (secondary N) is 2. The van der Waals surface area contributed by atoms with Crippen LogP contribution in [0.3, 0.4) is 0 Å². The highest BCUT2D eigenvalue weighted by molar-refractivity contribution is 7.14. The van der Waals surface area contributed by atoms with Gasteiger partial charge in [0.15, 0.2) is 0 Å². The lowest BCUT2D eigenvalue weighted by molar-refractivity contribution is 0.0951. The van der Waals surface area contributed by atoms with Crippen molar-refractivity contribution in [3.8, 4) is 10.6 Å². The SMILES string of the molecule is O=C(NCc1ccccc1)c1csc(-c2n[nH]c3ccccc23)c1. The van der Waals surface area contributed by atoms with Crippen LogP contribution in [0.5, 0.6) is 0 Å². The van der Waals surface area contributed by atoms with Gasteiger partial charge in [-0.3, -0.25) is 9.89 Å². The standard InChI is InChI=1S/C19H15N3OS/c23-19(20-11-13-6-2-1-3-7-13)14-10-17(24-12-14)18-15-8-4-5-9-16(15)21-22-18/h1-10,12H,11H2,(H,20,23)(H,21,22). The predicted molar refractivity (Wildman–Crippen MR) is 97.0 cm³/mol. The lowest BCUT2D eigenvalue weighted by Gasteiger charge is -2.03. The van der Waals surface area contributed by atoms with Gasteiger partial charge in [-0.15, -0.1) is 11.3 Å². The number of para-hydroxylation sites is 1. The van der Waals surface area contributed by atoms with Crippen molar-refractivity contribution < 1.29 is 4.79 Å². The van der Waals surface area contributed by atoms with Crippen molar-refractivity contribution >= 4 is 28.1 Å². The summed E-state index contributed by atoms with van der Waals surface area (Å²) in [7, 11) is 0. The maximum Gasteiger partial charge on any atom is 0.252 e. The van der Waals surface area contributed by atoms with Gasteiger partial charge in [0.2, 0.25) is 0 Å². The second-order valence-electron chi connectivity index (χ2n) is 5.49. The molecule has 5 heteroatoms. The Balaban J connectivity index is 1.53. The maximum atomic E-state index is 12.3. The Morgan fingerprint density at radius 3 is 2.75 bits per heavy atom. The predicted octanol–water partition coefficient (Wildman–Crippen LogP) is 4.22. The van der Waals surface area contributed by atoms with E-state index in [1.54, 1.807) is 0 Å². The van der Waals surface area contributed by atoms with Crippen molar-refractivity contribution in [2.45, 2.75) is 6.54 Å². The Morgan fingerprint density at radius 2 is 1.88 bits per heavy atom. The fraction of sp³-hybridized carbons (Fsp3) is 0.0526. The third-order valence-electron chi connectivity index (χ3n) is 3.86. The van der Waals surface area contributed by atoms with Gasteiger partial charge < -0.3 is 5.32 Å². The summed E-state index contributed by atoms with van der Waals surface area (Å²) in [4.78, 5) is 13.3. The quantitative estimate of drug-likeness (QED) is 0.587. The molecule has 0 saturated heterocycles. The van der Waals surface area contributed by atoms with Crippen molar-refractivity contribution in [1.29, 1.82) is 0 Å². The number of thiophene rings is 1. The van der Waals surface area contributed by atoms with Gasteiger partial charge in [-0.2, -0.15) is 5.10 Å². The first-order chi connectivity index (χ1) is 11.8. The second kappa shape index (κ2) is 6.29. The van der Waals surface area contributed by atoms with Crippen LogP contribution in [0.25, 0.3) is 21.5 Å². The molecule has 1 amide bonds. The minimum Gasteiger partial charge on any atom is -0.348 e. The zero-order chi connectivity index (χ0) is 16.4. The average Bonchev–Trinajstić information content (AvgIpc) is 3.27. The summed E-state index contributed by atoms with van der Waals surface area (Å²) in [5.74, 6) is -0.0683. The monoisotopic (exact) mass is 333 g/mol. The van der Waals surface area contributed by atoms with Crippen LogP contribution in [-0.4, -0.2) is 16.1 Å². The number of hydrogen-bond acceptors (Lipinski definition) is 3. The van der Waals surface area contributed by atoms with E-state index in [0.717, 1.165) is 27.0 Å². The minimum atomic E-state index is -0.0683. The number of H-pyrrole nitrogens is 1. The summed E-state index contributed by atoms with van der Waals surface area (Å²) >= 11 is 1.53. The number of carbonyl (C=O) groups excluding carboxylic acids is 1. The molecule has 4 rings (SSSR count). The molecule has 118 valence electrons. The number of fused-ring (bicyclic) bond motifs is 1. The molecule has 0 fully saturated rings. The first kappa shape index (κ1) is 14.7. The van der Waals surface area contributed by atoms with Gasteiger partial charge in [0, 0.05) is 17.3 Å². The Hall–Kier alpha value is -2.92. The first-order valence-corrected chi connectivity index (χ1v) is 8.53. The molecule has 2 aromatic heterocycles. The van der Waals surface area contributed by atoms with Crippen molar-refractivity contribution in [3.05, 3.63) is 77.2 Å². The van der Waals surface area contributed by atoms with E-state index in [1.165, 1.54) is 11.3 Å². The van der Waals surface area contributed by atoms with Gasteiger partial charge in [-0.05, 0) is 17.7 Å². The number of hydrogen-bond donors (Lipinski definition) is 2. The van der Waals surface area contributed by atoms with Crippen molar-refractivity contribution in [2.75, 3.05) is 0 Å². The van der Waals surface area contributed by atoms with Gasteiger partial charge in [0.1, 0.15) is 5.69 Å². The number of aromatic nitrogens is 2. The molecule has 0 atom stereocenters. The molecule has 0 bridgehead atoms. The fourth-order valence-electron chi connectivity index (χ4n) is 2.61. The molecule has 0 unspecified atom stereocenters. The van der Waals surface area contributed by atoms with Crippen LogP contribution in [0.2, 0.25) is 0 Å². The molecule has 0 saturated carbocycles. The third-order valence-corrected chi connectivity index (χ3v) is 4.80. The lowest BCUT2D eigenvalue weighted by Crippen LogP contribution is -2.22. The van der Waals surface area contributed by atoms with Crippen LogP contribution >= 0.6 is 11.3 Å². The topological polar surface area (TPSA) is 57.8 Å². The van der Waals surface area contributed by atoms with Crippen LogP contribution in [-0.2, 0) is 6.54 Å². The van der Waals surface area contributed by atoms with E-state index in [9.17, 15) is 4.79 Å². The number of rotatable bonds is 4. The summed E-state index contributed by atoms with van der Waals surface area (Å²) in [6, 6.07) is 19.8. The normalized spacial score (nSPS) is 10.8. The molecule has 2 N–H and O–H groups in total. The van der Waals surface area contributed by atoms with Crippen molar-refractivity contribution in [1.82, 2.24) is 15.5 Å². The Kier molecular flexibility index (Phi) is 3.84. The van der Waals surface area contributed by atoms with E-state index in [1.807, 2.05) is 66.0 Å². The molecular weight excluding hydrogens is 318 g/mol. The van der Waals surface area contributed by atoms with Gasteiger partial charge in [-0.25, -0.2) is 0 Å². The molecule has 4 nitrogen and oxygen atoms in total. The Labute approximate surface area is 143 Å². The highest BCUT2D eigenvalue weighted by Gasteiger charge is 2.13. The zero-order valence-corrected chi connectivity index (χ0v) is 13.6. The van der Waals surface area contributed by atoms with E-state index in [-0.39, 0.29) is 5.91 Å². The lowest BCUT2D eigenvalue weighted by atomic mass is 10.1. The summed E-state index contributed by atoms with van der Waals surface area (Å²) in [6.07, 6.45) is 0. The summed E-state index contributed by atoms with van der Waals surface area (Å²) in [5.41, 5.74) is 3.63. The molecule has 2 heterocycles. The first-order valence-electron chi connectivity index (χ1n) is 7.65. The Bertz CT molecular complexity index is 988. The maximum absolute atomic E-state index is 12.3. The zero-order valence-electron chi connectivity index (χ0n) is 12.8. The van der Waals surface area contributed by atoms with Gasteiger partial charge >= 0.3 is 0 Å². The summed E-state index contributed by atoms with van der Waals surface area (Å²) in [5, 5.41) is 13.3. The molecule has 24 heavy (non-hydrogen) atoms. The molecular formula is C19H15N3OS. The molecule has 2 aromatic carbocycles. The largest absolute Gasteiger partial charge is 0.348 e. The Morgan fingerprint density at radius 1 is 1.08 bits per heavy atom. The van der Waals surface area contributed by atoms with Crippen LogP contribution in [0.1, 0.15) is 15.9 Å². The van der Waals surface area contributed by atoms with Crippen LogP contribution in [0.15, 0.2) is 66.0 Å². The fourth-order valence-corrected chi connectivity index (χ4v) is 3.50. The third kappa shape index (κ3) is 2.81. The van der Waals surface area contributed by atoms with Crippen molar-refractivity contribution in [3.63, 3.8) is 0 Å². The van der Waals surface area contributed by atoms with E-state index < -0.39 is 0 Å². The van der Waals surface area contributed by atoms with E-state index >= 15 is 0 Å². The van der Waals surface area contributed by atoms with Gasteiger partial charge in [0.25, 0.3) is 5.91 Å². The number of nitrogens with zero attached hydrogens (tertiary/aromatic N) is 1. The smallest absolute Gasteiger partial charge is 0.252 e. The summed E-state index contributed by atoms with van der Waals surface area (Å²) in [6.45, 7) is 0.524. The van der Waals surface area contributed by atoms with Crippen molar-refractivity contribution in [2.24, 2.45) is 0 Å². The highest BCUT2D eigenvalue weighted by Crippen LogP contribution is 2.31. The summed E-state index contributed by atoms with van der Waals surface area (Å²) < 4.78 is 0. The highest BCUT2D eigenvalue weighted by atomic mass is 32.1. The number of benzene rings is 2. The molecule has 0 aliphatic rings. The average molecular weight is 333 g/mol. The van der Waals surface area contributed by atoms with E-state index in [4.69, 9.17) is 0 Å². The molecule has 0 aliphatic carbocycles. The van der Waals surface area contributed by atoms with Crippen LogP contribution < -0.4 is 5.32 Å². The van der Waals surface area contributed by atoms with Gasteiger partial charge in [0.05, 0.1) is 16.0 Å². The van der Waals surface area contributed by atoms with Crippen LogP contribution in [0, 0.1) is 0 Å². The van der Waals surface area contributed by atoms with Crippen LogP contribution in [0.4, 0.5) is 0 Å². The number of carbonyl (C=O) groups is 1. The number of amides is 1. The van der Waals surface area contributed by atoms with Gasteiger partial charge in [-0.1, -0.05) is 48.5 Å². The number of aromatic amines is 1. The molecule has 0 aliphatic heterocycles. The molecule has 4 aromatic rings. The van der Waals surface area contributed by atoms with E-state index in [2.05, 4.69) is 15.5 Å². The van der Waals surface area contributed by atoms with E-state index in [0.29, 0.717) is 12.1 Å².